The van der Waals surface area contributed by atoms with Gasteiger partial charge in [0, 0.05) is 5.57 Å². The zero-order chi connectivity index (χ0) is 22.0. The van der Waals surface area contributed by atoms with E-state index in [2.05, 4.69) is 37.8 Å². The van der Waals surface area contributed by atoms with Crippen molar-refractivity contribution in [3.05, 3.63) is 36.5 Å². The number of carbonyl (C=O) groups excluding carboxylic acids is 2. The van der Waals surface area contributed by atoms with Gasteiger partial charge >= 0.3 is 5.97 Å². The molecule has 1 atom stereocenters. The first kappa shape index (κ1) is 27.2. The lowest BCUT2D eigenvalue weighted by molar-refractivity contribution is -0.165. The van der Waals surface area contributed by atoms with Crippen molar-refractivity contribution in [2.24, 2.45) is 5.73 Å². The number of amides is 1. The van der Waals surface area contributed by atoms with Gasteiger partial charge in [-0.05, 0) is 58.3 Å². The lowest BCUT2D eigenvalue weighted by atomic mass is 9.90. The fourth-order valence-corrected chi connectivity index (χ4v) is 3.24. The fourth-order valence-electron chi connectivity index (χ4n) is 3.24. The van der Waals surface area contributed by atoms with Crippen molar-refractivity contribution in [1.82, 2.24) is 0 Å². The maximum atomic E-state index is 12.0. The van der Waals surface area contributed by atoms with E-state index >= 15 is 0 Å². The van der Waals surface area contributed by atoms with Crippen molar-refractivity contribution in [3.8, 4) is 0 Å². The highest BCUT2D eigenvalue weighted by molar-refractivity contribution is 5.92. The molecule has 4 nitrogen and oxygen atoms in total. The van der Waals surface area contributed by atoms with Crippen molar-refractivity contribution in [3.63, 3.8) is 0 Å². The first-order valence-corrected chi connectivity index (χ1v) is 11.4. The van der Waals surface area contributed by atoms with Crippen LogP contribution in [-0.2, 0) is 14.3 Å². The van der Waals surface area contributed by atoms with Gasteiger partial charge in [0.05, 0.1) is 0 Å². The Kier molecular flexibility index (Phi) is 16.0. The number of primary amides is 1. The minimum Gasteiger partial charge on any atom is -0.446 e. The number of ether oxygens (including phenoxy) is 1. The quantitative estimate of drug-likeness (QED) is 0.122. The standard InChI is InChI=1S/C25H43NO3/c1-5-7-8-9-10-11-12-13-14-15-16-17-18-19-21-25(20-6-2,24(26)28)29-23(27)22(3)4/h10-11,13-14H,3,5-9,12,15-21H2,1-2,4H3,(H2,26,28)/b11-10-,14-13-. The Hall–Kier alpha value is -1.84. The molecule has 0 rings (SSSR count). The number of hydrogen-bond acceptors (Lipinski definition) is 3. The summed E-state index contributed by atoms with van der Waals surface area (Å²) in [5.41, 5.74) is 4.69. The summed E-state index contributed by atoms with van der Waals surface area (Å²) in [4.78, 5) is 24.0. The molecular weight excluding hydrogens is 362 g/mol. The summed E-state index contributed by atoms with van der Waals surface area (Å²) in [6.45, 7) is 9.36. The zero-order valence-electron chi connectivity index (χ0n) is 19.0. The Bertz CT molecular complexity index is 536. The molecule has 4 heteroatoms. The van der Waals surface area contributed by atoms with Crippen LogP contribution in [0.2, 0.25) is 0 Å². The van der Waals surface area contributed by atoms with Crippen LogP contribution in [0.15, 0.2) is 36.5 Å². The first-order valence-electron chi connectivity index (χ1n) is 11.4. The van der Waals surface area contributed by atoms with Crippen LogP contribution in [0.3, 0.4) is 0 Å². The second kappa shape index (κ2) is 17.1. The Morgan fingerprint density at radius 3 is 1.97 bits per heavy atom. The van der Waals surface area contributed by atoms with Gasteiger partial charge in [-0.25, -0.2) is 4.79 Å². The molecule has 2 N–H and O–H groups in total. The summed E-state index contributed by atoms with van der Waals surface area (Å²) in [5.74, 6) is -1.10. The number of unbranched alkanes of at least 4 members (excludes halogenated alkanes) is 7. The average Bonchev–Trinajstić information content (AvgIpc) is 2.67. The molecule has 0 saturated heterocycles. The molecule has 166 valence electrons. The van der Waals surface area contributed by atoms with Gasteiger partial charge in [0.15, 0.2) is 5.60 Å². The molecule has 29 heavy (non-hydrogen) atoms. The van der Waals surface area contributed by atoms with Gasteiger partial charge in [0.1, 0.15) is 0 Å². The maximum absolute atomic E-state index is 12.0. The van der Waals surface area contributed by atoms with E-state index in [0.717, 1.165) is 44.9 Å². The Labute approximate surface area is 178 Å². The largest absolute Gasteiger partial charge is 0.446 e. The predicted octanol–water partition coefficient (Wildman–Crippen LogP) is 6.55. The summed E-state index contributed by atoms with van der Waals surface area (Å²) >= 11 is 0. The highest BCUT2D eigenvalue weighted by Crippen LogP contribution is 2.27. The lowest BCUT2D eigenvalue weighted by Crippen LogP contribution is -2.47. The van der Waals surface area contributed by atoms with Crippen LogP contribution >= 0.6 is 0 Å². The summed E-state index contributed by atoms with van der Waals surface area (Å²) in [6, 6.07) is 0. The van der Waals surface area contributed by atoms with Gasteiger partial charge in [-0.15, -0.1) is 0 Å². The molecule has 0 aromatic heterocycles. The Balaban J connectivity index is 4.11. The fraction of sp³-hybridized carbons (Fsp3) is 0.680. The van der Waals surface area contributed by atoms with Crippen molar-refractivity contribution >= 4 is 11.9 Å². The summed E-state index contributed by atoms with van der Waals surface area (Å²) in [6.07, 6.45) is 21.8. The molecule has 0 aliphatic carbocycles. The van der Waals surface area contributed by atoms with Crippen molar-refractivity contribution < 1.29 is 14.3 Å². The third-order valence-electron chi connectivity index (χ3n) is 5.02. The van der Waals surface area contributed by atoms with E-state index in [1.165, 1.54) is 25.7 Å². The molecule has 0 saturated carbocycles. The molecular formula is C25H43NO3. The first-order chi connectivity index (χ1) is 13.9. The molecule has 0 spiro atoms. The number of nitrogens with two attached hydrogens (primary N) is 1. The minimum atomic E-state index is -1.20. The molecule has 0 bridgehead atoms. The van der Waals surface area contributed by atoms with Gasteiger partial charge < -0.3 is 10.5 Å². The van der Waals surface area contributed by atoms with Gasteiger partial charge in [-0.1, -0.05) is 76.8 Å². The van der Waals surface area contributed by atoms with Crippen LogP contribution < -0.4 is 5.73 Å². The molecule has 0 heterocycles. The molecule has 0 aliphatic heterocycles. The van der Waals surface area contributed by atoms with E-state index in [1.807, 2.05) is 6.92 Å². The summed E-state index contributed by atoms with van der Waals surface area (Å²) < 4.78 is 5.48. The molecule has 0 aliphatic rings. The zero-order valence-corrected chi connectivity index (χ0v) is 19.0. The van der Waals surface area contributed by atoms with Crippen LogP contribution in [-0.4, -0.2) is 17.5 Å². The predicted molar refractivity (Wildman–Crippen MR) is 122 cm³/mol. The second-order valence-corrected chi connectivity index (χ2v) is 7.91. The van der Waals surface area contributed by atoms with E-state index in [-0.39, 0.29) is 5.57 Å². The normalized spacial score (nSPS) is 13.6. The monoisotopic (exact) mass is 405 g/mol. The number of hydrogen-bond donors (Lipinski definition) is 1. The van der Waals surface area contributed by atoms with Gasteiger partial charge in [-0.3, -0.25) is 4.79 Å². The van der Waals surface area contributed by atoms with E-state index in [1.54, 1.807) is 6.92 Å². The Morgan fingerprint density at radius 1 is 0.862 bits per heavy atom. The average molecular weight is 406 g/mol. The van der Waals surface area contributed by atoms with E-state index in [9.17, 15) is 9.59 Å². The topological polar surface area (TPSA) is 69.4 Å². The molecule has 0 aromatic rings. The van der Waals surface area contributed by atoms with Gasteiger partial charge in [0.25, 0.3) is 5.91 Å². The van der Waals surface area contributed by atoms with E-state index < -0.39 is 17.5 Å². The minimum absolute atomic E-state index is 0.286. The van der Waals surface area contributed by atoms with Crippen molar-refractivity contribution in [1.29, 1.82) is 0 Å². The van der Waals surface area contributed by atoms with Crippen molar-refractivity contribution in [2.75, 3.05) is 0 Å². The molecule has 1 unspecified atom stereocenters. The third-order valence-corrected chi connectivity index (χ3v) is 5.02. The number of esters is 1. The smallest absolute Gasteiger partial charge is 0.334 e. The van der Waals surface area contributed by atoms with E-state index in [0.29, 0.717) is 12.8 Å². The maximum Gasteiger partial charge on any atom is 0.334 e. The molecule has 0 fully saturated rings. The lowest BCUT2D eigenvalue weighted by Gasteiger charge is -2.30. The van der Waals surface area contributed by atoms with Crippen LogP contribution in [0, 0.1) is 0 Å². The number of carbonyl (C=O) groups is 2. The molecule has 1 amide bonds. The van der Waals surface area contributed by atoms with E-state index in [4.69, 9.17) is 10.5 Å². The van der Waals surface area contributed by atoms with Crippen LogP contribution in [0.4, 0.5) is 0 Å². The summed E-state index contributed by atoms with van der Waals surface area (Å²) in [5, 5.41) is 0. The number of rotatable bonds is 18. The van der Waals surface area contributed by atoms with Gasteiger partial charge in [-0.2, -0.15) is 0 Å². The SMILES string of the molecule is C=C(C)C(=O)OC(CCC)(CCCCCC/C=C\C/C=C\CCCCC)C(N)=O. The molecule has 0 radical (unpaired) electrons. The van der Waals surface area contributed by atoms with Crippen molar-refractivity contribution in [2.45, 2.75) is 110 Å². The van der Waals surface area contributed by atoms with Crippen LogP contribution in [0.1, 0.15) is 104 Å². The summed E-state index contributed by atoms with van der Waals surface area (Å²) in [7, 11) is 0. The van der Waals surface area contributed by atoms with Gasteiger partial charge in [0.2, 0.25) is 0 Å². The Morgan fingerprint density at radius 2 is 1.45 bits per heavy atom. The van der Waals surface area contributed by atoms with Crippen LogP contribution in [0.5, 0.6) is 0 Å². The molecule has 0 aromatic carbocycles. The highest BCUT2D eigenvalue weighted by atomic mass is 16.6. The van der Waals surface area contributed by atoms with Crippen LogP contribution in [0.25, 0.3) is 0 Å². The number of allylic oxidation sites excluding steroid dienone is 4. The third kappa shape index (κ3) is 13.1. The highest BCUT2D eigenvalue weighted by Gasteiger charge is 2.39. The second-order valence-electron chi connectivity index (χ2n) is 7.91.